The Morgan fingerprint density at radius 3 is 2.32 bits per heavy atom. The van der Waals surface area contributed by atoms with E-state index in [4.69, 9.17) is 4.74 Å². The molecular weight excluding hydrogens is 354 g/mol. The predicted molar refractivity (Wildman–Crippen MR) is 111 cm³/mol. The maximum Gasteiger partial charge on any atom is 0.131 e. The summed E-state index contributed by atoms with van der Waals surface area (Å²) >= 11 is 0. The highest BCUT2D eigenvalue weighted by Crippen LogP contribution is 2.37. The maximum atomic E-state index is 14.6. The number of hydrogen-bond acceptors (Lipinski definition) is 1. The van der Waals surface area contributed by atoms with Crippen LogP contribution < -0.4 is 0 Å². The summed E-state index contributed by atoms with van der Waals surface area (Å²) < 4.78 is 33.8. The Morgan fingerprint density at radius 2 is 1.68 bits per heavy atom. The van der Waals surface area contributed by atoms with Crippen LogP contribution in [0.1, 0.15) is 52.4 Å². The van der Waals surface area contributed by atoms with Crippen molar-refractivity contribution in [1.29, 1.82) is 0 Å². The second kappa shape index (κ2) is 8.73. The highest BCUT2D eigenvalue weighted by molar-refractivity contribution is 5.64. The van der Waals surface area contributed by atoms with E-state index in [0.717, 1.165) is 18.6 Å². The van der Waals surface area contributed by atoms with E-state index in [1.807, 2.05) is 12.1 Å². The summed E-state index contributed by atoms with van der Waals surface area (Å²) in [4.78, 5) is 0. The summed E-state index contributed by atoms with van der Waals surface area (Å²) in [7, 11) is 0. The van der Waals surface area contributed by atoms with Crippen molar-refractivity contribution in [3.63, 3.8) is 0 Å². The molecule has 1 aliphatic carbocycles. The van der Waals surface area contributed by atoms with Gasteiger partial charge < -0.3 is 4.74 Å². The van der Waals surface area contributed by atoms with E-state index in [2.05, 4.69) is 6.92 Å². The van der Waals surface area contributed by atoms with Gasteiger partial charge in [0.1, 0.15) is 11.6 Å². The minimum absolute atomic E-state index is 0. The fraction of sp³-hybridized carbons (Fsp3) is 0.520. The molecule has 3 heteroatoms. The first-order chi connectivity index (χ1) is 13.6. The molecule has 1 nitrogen and oxygen atoms in total. The molecule has 0 aromatic heterocycles. The minimum Gasteiger partial charge on any atom is -0.378 e. The first kappa shape index (κ1) is 19.6. The van der Waals surface area contributed by atoms with Gasteiger partial charge in [0.15, 0.2) is 0 Å². The number of benzene rings is 2. The van der Waals surface area contributed by atoms with Gasteiger partial charge in [0.25, 0.3) is 0 Å². The highest BCUT2D eigenvalue weighted by Gasteiger charge is 2.30. The van der Waals surface area contributed by atoms with Gasteiger partial charge in [-0.25, -0.2) is 8.78 Å². The molecule has 152 valence electrons. The maximum absolute atomic E-state index is 14.6. The predicted octanol–water partition coefficient (Wildman–Crippen LogP) is 7.04. The molecule has 0 radical (unpaired) electrons. The summed E-state index contributed by atoms with van der Waals surface area (Å²) in [6, 6.07) is 11.5. The fourth-order valence-corrected chi connectivity index (χ4v) is 4.92. The Bertz CT molecular complexity index is 776. The highest BCUT2D eigenvalue weighted by atomic mass is 19.1. The molecule has 1 heterocycles. The molecular formula is C25H32F2O. The van der Waals surface area contributed by atoms with Gasteiger partial charge in [0.05, 0.1) is 6.10 Å². The molecule has 0 amide bonds. The number of ether oxygens (including phenoxy) is 1. The van der Waals surface area contributed by atoms with Gasteiger partial charge in [-0.1, -0.05) is 31.2 Å². The normalized spacial score (nSPS) is 28.2. The van der Waals surface area contributed by atoms with Crippen molar-refractivity contribution in [2.24, 2.45) is 17.8 Å². The number of hydrogen-bond donors (Lipinski definition) is 0. The van der Waals surface area contributed by atoms with Gasteiger partial charge in [-0.3, -0.25) is 0 Å². The Balaban J connectivity index is 0.00000240. The smallest absolute Gasteiger partial charge is 0.131 e. The zero-order valence-electron chi connectivity index (χ0n) is 16.7. The van der Waals surface area contributed by atoms with Crippen LogP contribution in [0.3, 0.4) is 0 Å². The molecule has 4 rings (SSSR count). The van der Waals surface area contributed by atoms with E-state index in [9.17, 15) is 8.78 Å². The molecule has 2 unspecified atom stereocenters. The van der Waals surface area contributed by atoms with Crippen LogP contribution in [-0.2, 0) is 11.2 Å². The third-order valence-electron chi connectivity index (χ3n) is 6.67. The molecule has 2 atom stereocenters. The van der Waals surface area contributed by atoms with Crippen LogP contribution in [0.5, 0.6) is 0 Å². The molecule has 0 spiro atoms. The van der Waals surface area contributed by atoms with Crippen LogP contribution in [0, 0.1) is 29.4 Å². The summed E-state index contributed by atoms with van der Waals surface area (Å²) in [6.45, 7) is 3.19. The molecule has 2 aromatic rings. The van der Waals surface area contributed by atoms with Crippen molar-refractivity contribution >= 4 is 0 Å². The summed E-state index contributed by atoms with van der Waals surface area (Å²) in [5, 5.41) is 0. The zero-order chi connectivity index (χ0) is 19.5. The van der Waals surface area contributed by atoms with Gasteiger partial charge in [-0.15, -0.1) is 0 Å². The van der Waals surface area contributed by atoms with Crippen LogP contribution in [0.4, 0.5) is 8.78 Å². The molecule has 1 saturated carbocycles. The Labute approximate surface area is 168 Å². The largest absolute Gasteiger partial charge is 0.378 e. The first-order valence-electron chi connectivity index (χ1n) is 10.7. The third kappa shape index (κ3) is 4.63. The third-order valence-corrected chi connectivity index (χ3v) is 6.67. The van der Waals surface area contributed by atoms with Crippen molar-refractivity contribution in [2.75, 3.05) is 6.61 Å². The van der Waals surface area contributed by atoms with Gasteiger partial charge in [0.2, 0.25) is 0 Å². The van der Waals surface area contributed by atoms with Crippen molar-refractivity contribution < 1.29 is 14.9 Å². The SMILES string of the molecule is CC1CCC(C2CCC(Cc3ccc(-c4ccc(F)cc4)c(F)c3)CC2)OC1.[HH]. The Hall–Kier alpha value is -1.74. The molecule has 2 aromatic carbocycles. The lowest BCUT2D eigenvalue weighted by atomic mass is 9.75. The minimum atomic E-state index is -0.301. The van der Waals surface area contributed by atoms with Crippen molar-refractivity contribution in [3.8, 4) is 11.1 Å². The second-order valence-electron chi connectivity index (χ2n) is 8.86. The van der Waals surface area contributed by atoms with Crippen LogP contribution >= 0.6 is 0 Å². The monoisotopic (exact) mass is 386 g/mol. The van der Waals surface area contributed by atoms with Gasteiger partial charge >= 0.3 is 0 Å². The summed E-state index contributed by atoms with van der Waals surface area (Å²) in [6.07, 6.45) is 8.81. The fourth-order valence-electron chi connectivity index (χ4n) is 4.92. The Kier molecular flexibility index (Phi) is 6.10. The number of halogens is 2. The van der Waals surface area contributed by atoms with Crippen LogP contribution in [0.15, 0.2) is 42.5 Å². The molecule has 0 N–H and O–H groups in total. The van der Waals surface area contributed by atoms with Gasteiger partial charge in [-0.2, -0.15) is 0 Å². The molecule has 28 heavy (non-hydrogen) atoms. The van der Waals surface area contributed by atoms with E-state index < -0.39 is 0 Å². The van der Waals surface area contributed by atoms with Crippen LogP contribution in [0.25, 0.3) is 11.1 Å². The van der Waals surface area contributed by atoms with Crippen molar-refractivity contribution in [3.05, 3.63) is 59.7 Å². The molecule has 1 saturated heterocycles. The van der Waals surface area contributed by atoms with E-state index in [0.29, 0.717) is 35.0 Å². The lowest BCUT2D eigenvalue weighted by Gasteiger charge is -2.37. The van der Waals surface area contributed by atoms with Crippen LogP contribution in [-0.4, -0.2) is 12.7 Å². The molecule has 1 aliphatic heterocycles. The molecule has 0 bridgehead atoms. The van der Waals surface area contributed by atoms with Crippen LogP contribution in [0.2, 0.25) is 0 Å². The van der Waals surface area contributed by atoms with Crippen molar-refractivity contribution in [1.82, 2.24) is 0 Å². The van der Waals surface area contributed by atoms with E-state index >= 15 is 0 Å². The van der Waals surface area contributed by atoms with Gasteiger partial charge in [-0.05, 0) is 92.0 Å². The van der Waals surface area contributed by atoms with Gasteiger partial charge in [0, 0.05) is 13.6 Å². The van der Waals surface area contributed by atoms with E-state index in [-0.39, 0.29) is 13.1 Å². The van der Waals surface area contributed by atoms with E-state index in [1.165, 1.54) is 50.7 Å². The summed E-state index contributed by atoms with van der Waals surface area (Å²) in [5.74, 6) is 1.53. The lowest BCUT2D eigenvalue weighted by Crippen LogP contribution is -2.33. The second-order valence-corrected chi connectivity index (χ2v) is 8.86. The zero-order valence-corrected chi connectivity index (χ0v) is 16.7. The van der Waals surface area contributed by atoms with E-state index in [1.54, 1.807) is 18.2 Å². The standard InChI is InChI=1S/C25H30F2O.H2/c1-17-2-13-25(28-16-17)21-6-3-18(4-7-21)14-19-5-12-23(24(27)15-19)20-8-10-22(26)11-9-20;/h5,8-12,15,17-18,21,25H,2-4,6-7,13-14,16H2,1H3;1H. The quantitative estimate of drug-likeness (QED) is 0.547. The average molecular weight is 387 g/mol. The molecule has 2 aliphatic rings. The first-order valence-corrected chi connectivity index (χ1v) is 10.7. The summed E-state index contributed by atoms with van der Waals surface area (Å²) in [5.41, 5.74) is 2.32. The molecule has 2 fully saturated rings. The topological polar surface area (TPSA) is 9.23 Å². The van der Waals surface area contributed by atoms with Crippen molar-refractivity contribution in [2.45, 2.75) is 58.0 Å². The lowest BCUT2D eigenvalue weighted by molar-refractivity contribution is -0.0543. The Morgan fingerprint density at radius 1 is 0.929 bits per heavy atom. The number of rotatable bonds is 4. The average Bonchev–Trinajstić information content (AvgIpc) is 2.70.